The number of rotatable bonds is 3. The molecule has 1 aliphatic rings. The summed E-state index contributed by atoms with van der Waals surface area (Å²) in [7, 11) is 0. The molecule has 0 radical (unpaired) electrons. The number of hydrogen-bond donors (Lipinski definition) is 2. The van der Waals surface area contributed by atoms with Crippen molar-refractivity contribution in [1.82, 2.24) is 5.32 Å². The maximum atomic E-state index is 4.24. The molecule has 0 amide bonds. The Morgan fingerprint density at radius 2 is 2.27 bits per heavy atom. The first-order chi connectivity index (χ1) is 5.36. The summed E-state index contributed by atoms with van der Waals surface area (Å²) >= 11 is 4.24. The third kappa shape index (κ3) is 3.04. The highest BCUT2D eigenvalue weighted by molar-refractivity contribution is 7.80. The lowest BCUT2D eigenvalue weighted by Crippen LogP contribution is -2.38. The van der Waals surface area contributed by atoms with Gasteiger partial charge >= 0.3 is 0 Å². The molecule has 2 heteroatoms. The first kappa shape index (κ1) is 9.40. The van der Waals surface area contributed by atoms with Gasteiger partial charge in [0.2, 0.25) is 0 Å². The van der Waals surface area contributed by atoms with Crippen molar-refractivity contribution in [3.05, 3.63) is 0 Å². The molecule has 1 heterocycles. The third-order valence-electron chi connectivity index (χ3n) is 2.67. The van der Waals surface area contributed by atoms with Crippen LogP contribution in [0.15, 0.2) is 0 Å². The van der Waals surface area contributed by atoms with E-state index < -0.39 is 0 Å². The predicted molar refractivity (Wildman–Crippen MR) is 53.3 cm³/mol. The number of piperidine rings is 1. The molecule has 1 N–H and O–H groups in total. The highest BCUT2D eigenvalue weighted by atomic mass is 32.1. The topological polar surface area (TPSA) is 12.0 Å². The molecule has 66 valence electrons. The van der Waals surface area contributed by atoms with E-state index in [4.69, 9.17) is 0 Å². The van der Waals surface area contributed by atoms with Crippen LogP contribution in [0.4, 0.5) is 0 Å². The number of thiol groups is 1. The molecular formula is C9H19NS. The molecule has 0 aromatic heterocycles. The predicted octanol–water partition coefficient (Wildman–Crippen LogP) is 2.08. The van der Waals surface area contributed by atoms with Crippen molar-refractivity contribution in [1.29, 1.82) is 0 Å². The molecule has 1 nitrogen and oxygen atoms in total. The Hall–Kier alpha value is 0.310. The zero-order chi connectivity index (χ0) is 8.10. The Kier molecular flexibility index (Phi) is 4.31. The Balaban J connectivity index is 2.14. The fourth-order valence-electron chi connectivity index (χ4n) is 1.73. The zero-order valence-electron chi connectivity index (χ0n) is 7.34. The molecule has 0 aliphatic carbocycles. The SMILES string of the molecule is CCC1CCC(CCS)NC1. The maximum absolute atomic E-state index is 4.24. The van der Waals surface area contributed by atoms with E-state index in [0.717, 1.165) is 17.7 Å². The van der Waals surface area contributed by atoms with E-state index in [0.29, 0.717) is 0 Å². The van der Waals surface area contributed by atoms with Gasteiger partial charge in [-0.1, -0.05) is 13.3 Å². The van der Waals surface area contributed by atoms with Gasteiger partial charge in [0.25, 0.3) is 0 Å². The van der Waals surface area contributed by atoms with Gasteiger partial charge in [0.1, 0.15) is 0 Å². The summed E-state index contributed by atoms with van der Waals surface area (Å²) in [5.41, 5.74) is 0. The number of hydrogen-bond acceptors (Lipinski definition) is 2. The van der Waals surface area contributed by atoms with Gasteiger partial charge in [-0.2, -0.15) is 12.6 Å². The second-order valence-electron chi connectivity index (χ2n) is 3.47. The molecule has 2 unspecified atom stereocenters. The maximum Gasteiger partial charge on any atom is 0.00750 e. The number of nitrogens with one attached hydrogen (secondary N) is 1. The first-order valence-corrected chi connectivity index (χ1v) is 5.34. The van der Waals surface area contributed by atoms with E-state index in [2.05, 4.69) is 24.9 Å². The molecule has 0 spiro atoms. The molecular weight excluding hydrogens is 154 g/mol. The third-order valence-corrected chi connectivity index (χ3v) is 2.93. The van der Waals surface area contributed by atoms with E-state index in [1.165, 1.54) is 32.2 Å². The van der Waals surface area contributed by atoms with E-state index in [-0.39, 0.29) is 0 Å². The highest BCUT2D eigenvalue weighted by Gasteiger charge is 2.17. The van der Waals surface area contributed by atoms with E-state index in [9.17, 15) is 0 Å². The Morgan fingerprint density at radius 1 is 1.45 bits per heavy atom. The molecule has 0 bridgehead atoms. The standard InChI is InChI=1S/C9H19NS/c1-2-8-3-4-9(5-6-11)10-7-8/h8-11H,2-7H2,1H3. The molecule has 0 aromatic carbocycles. The van der Waals surface area contributed by atoms with Gasteiger partial charge in [-0.25, -0.2) is 0 Å². The minimum atomic E-state index is 0.760. The highest BCUT2D eigenvalue weighted by Crippen LogP contribution is 2.18. The van der Waals surface area contributed by atoms with Crippen molar-refractivity contribution < 1.29 is 0 Å². The fourth-order valence-corrected chi connectivity index (χ4v) is 2.04. The molecule has 1 aliphatic heterocycles. The molecule has 0 saturated carbocycles. The zero-order valence-corrected chi connectivity index (χ0v) is 8.24. The van der Waals surface area contributed by atoms with E-state index >= 15 is 0 Å². The van der Waals surface area contributed by atoms with Gasteiger partial charge in [0.05, 0.1) is 0 Å². The molecule has 11 heavy (non-hydrogen) atoms. The van der Waals surface area contributed by atoms with Crippen molar-refractivity contribution in [3.8, 4) is 0 Å². The Labute approximate surface area is 75.4 Å². The van der Waals surface area contributed by atoms with Crippen LogP contribution < -0.4 is 5.32 Å². The smallest absolute Gasteiger partial charge is 0.00750 e. The summed E-state index contributed by atoms with van der Waals surface area (Å²) in [5.74, 6) is 1.96. The van der Waals surface area contributed by atoms with Crippen LogP contribution in [0.25, 0.3) is 0 Å². The summed E-state index contributed by atoms with van der Waals surface area (Å²) in [6.07, 6.45) is 5.35. The van der Waals surface area contributed by atoms with Crippen molar-refractivity contribution in [3.63, 3.8) is 0 Å². The molecule has 0 aromatic rings. The lowest BCUT2D eigenvalue weighted by Gasteiger charge is -2.28. The second-order valence-corrected chi connectivity index (χ2v) is 3.92. The normalized spacial score (nSPS) is 32.2. The van der Waals surface area contributed by atoms with Crippen LogP contribution in [-0.4, -0.2) is 18.3 Å². The van der Waals surface area contributed by atoms with Gasteiger partial charge in [-0.05, 0) is 37.5 Å². The summed E-state index contributed by atoms with van der Waals surface area (Å²) in [5, 5.41) is 3.57. The van der Waals surface area contributed by atoms with Crippen molar-refractivity contribution in [2.75, 3.05) is 12.3 Å². The Morgan fingerprint density at radius 3 is 2.73 bits per heavy atom. The molecule has 2 atom stereocenters. The average molecular weight is 173 g/mol. The quantitative estimate of drug-likeness (QED) is 0.623. The van der Waals surface area contributed by atoms with Gasteiger partial charge < -0.3 is 5.32 Å². The second kappa shape index (κ2) is 5.04. The monoisotopic (exact) mass is 173 g/mol. The Bertz CT molecular complexity index is 97.7. The minimum absolute atomic E-state index is 0.760. The van der Waals surface area contributed by atoms with E-state index in [1.54, 1.807) is 0 Å². The summed E-state index contributed by atoms with van der Waals surface area (Å²) in [4.78, 5) is 0. The van der Waals surface area contributed by atoms with Crippen LogP contribution >= 0.6 is 12.6 Å². The summed E-state index contributed by atoms with van der Waals surface area (Å²) < 4.78 is 0. The summed E-state index contributed by atoms with van der Waals surface area (Å²) in [6, 6.07) is 0.760. The molecule has 1 rings (SSSR count). The van der Waals surface area contributed by atoms with Crippen LogP contribution in [0, 0.1) is 5.92 Å². The lowest BCUT2D eigenvalue weighted by molar-refractivity contribution is 0.300. The van der Waals surface area contributed by atoms with Crippen LogP contribution in [0.3, 0.4) is 0 Å². The van der Waals surface area contributed by atoms with Crippen LogP contribution in [-0.2, 0) is 0 Å². The van der Waals surface area contributed by atoms with E-state index in [1.807, 2.05) is 0 Å². The lowest BCUT2D eigenvalue weighted by atomic mass is 9.92. The van der Waals surface area contributed by atoms with Crippen LogP contribution in [0.1, 0.15) is 32.6 Å². The van der Waals surface area contributed by atoms with Gasteiger partial charge in [-0.3, -0.25) is 0 Å². The van der Waals surface area contributed by atoms with Crippen molar-refractivity contribution in [2.45, 2.75) is 38.6 Å². The molecule has 1 saturated heterocycles. The summed E-state index contributed by atoms with van der Waals surface area (Å²) in [6.45, 7) is 3.51. The van der Waals surface area contributed by atoms with Gasteiger partial charge in [-0.15, -0.1) is 0 Å². The van der Waals surface area contributed by atoms with Crippen molar-refractivity contribution in [2.24, 2.45) is 5.92 Å². The van der Waals surface area contributed by atoms with Crippen LogP contribution in [0.2, 0.25) is 0 Å². The van der Waals surface area contributed by atoms with Gasteiger partial charge in [0, 0.05) is 6.04 Å². The van der Waals surface area contributed by atoms with Crippen molar-refractivity contribution >= 4 is 12.6 Å². The fraction of sp³-hybridized carbons (Fsp3) is 1.00. The average Bonchev–Trinajstić information content (AvgIpc) is 2.07. The van der Waals surface area contributed by atoms with Gasteiger partial charge in [0.15, 0.2) is 0 Å². The largest absolute Gasteiger partial charge is 0.314 e. The minimum Gasteiger partial charge on any atom is -0.314 e. The molecule has 1 fully saturated rings. The van der Waals surface area contributed by atoms with Crippen LogP contribution in [0.5, 0.6) is 0 Å². The first-order valence-electron chi connectivity index (χ1n) is 4.71.